The normalized spacial score (nSPS) is 19.7. The molecule has 0 amide bonds. The van der Waals surface area contributed by atoms with Crippen molar-refractivity contribution in [2.75, 3.05) is 19.8 Å². The van der Waals surface area contributed by atoms with Gasteiger partial charge in [-0.2, -0.15) is 0 Å². The molecule has 1 saturated heterocycles. The molecule has 0 N–H and O–H groups in total. The van der Waals surface area contributed by atoms with Gasteiger partial charge in [0.1, 0.15) is 6.10 Å². The number of benzene rings is 1. The van der Waals surface area contributed by atoms with Gasteiger partial charge in [-0.05, 0) is 37.2 Å². The summed E-state index contributed by atoms with van der Waals surface area (Å²) in [5.41, 5.74) is 1.41. The van der Waals surface area contributed by atoms with E-state index in [0.29, 0.717) is 12.0 Å². The van der Waals surface area contributed by atoms with Gasteiger partial charge in [-0.25, -0.2) is 0 Å². The number of rotatable bonds is 9. The predicted octanol–water partition coefficient (Wildman–Crippen LogP) is 3.27. The lowest BCUT2D eigenvalue weighted by molar-refractivity contribution is 0.111. The first-order chi connectivity index (χ1) is 8.84. The lowest BCUT2D eigenvalue weighted by Gasteiger charge is -2.11. The van der Waals surface area contributed by atoms with Crippen molar-refractivity contribution in [1.29, 1.82) is 0 Å². The molecule has 1 fully saturated rings. The summed E-state index contributed by atoms with van der Waals surface area (Å²) in [7, 11) is 0. The van der Waals surface area contributed by atoms with Crippen LogP contribution in [0.15, 0.2) is 30.3 Å². The fourth-order valence-corrected chi connectivity index (χ4v) is 2.01. The van der Waals surface area contributed by atoms with Crippen molar-refractivity contribution in [3.05, 3.63) is 42.8 Å². The zero-order valence-electron chi connectivity index (χ0n) is 11.0. The first-order valence-corrected chi connectivity index (χ1v) is 6.91. The summed E-state index contributed by atoms with van der Waals surface area (Å²) in [6.07, 6.45) is 4.94. The number of hydrogen-bond donors (Lipinski definition) is 0. The van der Waals surface area contributed by atoms with E-state index in [2.05, 4.69) is 37.3 Å². The molecule has 2 heteroatoms. The van der Waals surface area contributed by atoms with Gasteiger partial charge < -0.3 is 9.47 Å². The second kappa shape index (κ2) is 7.55. The van der Waals surface area contributed by atoms with Gasteiger partial charge >= 0.3 is 0 Å². The highest BCUT2D eigenvalue weighted by Crippen LogP contribution is 2.14. The lowest BCUT2D eigenvalue weighted by Crippen LogP contribution is -2.05. The second-order valence-electron chi connectivity index (χ2n) is 5.06. The minimum atomic E-state index is 0.388. The van der Waals surface area contributed by atoms with Gasteiger partial charge in [-0.3, -0.25) is 0 Å². The van der Waals surface area contributed by atoms with E-state index in [4.69, 9.17) is 9.47 Å². The van der Waals surface area contributed by atoms with Crippen LogP contribution < -0.4 is 0 Å². The van der Waals surface area contributed by atoms with Crippen molar-refractivity contribution in [3.63, 3.8) is 0 Å². The minimum Gasteiger partial charge on any atom is -0.379 e. The summed E-state index contributed by atoms with van der Waals surface area (Å²) in [6.45, 7) is 6.72. The van der Waals surface area contributed by atoms with E-state index < -0.39 is 0 Å². The Morgan fingerprint density at radius 3 is 2.78 bits per heavy atom. The molecule has 1 aromatic rings. The molecule has 2 unspecified atom stereocenters. The van der Waals surface area contributed by atoms with E-state index in [9.17, 15) is 0 Å². The largest absolute Gasteiger partial charge is 0.379 e. The summed E-state index contributed by atoms with van der Waals surface area (Å²) in [5, 5.41) is 0. The Morgan fingerprint density at radius 2 is 2.06 bits per heavy atom. The number of ether oxygens (including phenoxy) is 2. The van der Waals surface area contributed by atoms with E-state index in [1.807, 2.05) is 0 Å². The summed E-state index contributed by atoms with van der Waals surface area (Å²) in [6, 6.07) is 10.6. The van der Waals surface area contributed by atoms with E-state index in [1.54, 1.807) is 0 Å². The number of hydrogen-bond acceptors (Lipinski definition) is 2. The molecule has 0 aliphatic carbocycles. The van der Waals surface area contributed by atoms with Crippen LogP contribution in [0.1, 0.15) is 24.8 Å². The van der Waals surface area contributed by atoms with E-state index in [1.165, 1.54) is 5.56 Å². The fraction of sp³-hybridized carbons (Fsp3) is 0.562. The second-order valence-corrected chi connectivity index (χ2v) is 5.06. The Kier molecular flexibility index (Phi) is 5.69. The zero-order chi connectivity index (χ0) is 12.6. The van der Waals surface area contributed by atoms with Crippen LogP contribution in [0.2, 0.25) is 0 Å². The van der Waals surface area contributed by atoms with Crippen molar-refractivity contribution in [1.82, 2.24) is 0 Å². The Morgan fingerprint density at radius 1 is 1.28 bits per heavy atom. The maximum Gasteiger partial charge on any atom is 0.104 e. The van der Waals surface area contributed by atoms with Crippen LogP contribution in [0.25, 0.3) is 0 Å². The van der Waals surface area contributed by atoms with Gasteiger partial charge in [0.05, 0.1) is 13.2 Å². The highest BCUT2D eigenvalue weighted by atomic mass is 16.6. The van der Waals surface area contributed by atoms with Crippen molar-refractivity contribution < 1.29 is 9.47 Å². The monoisotopic (exact) mass is 247 g/mol. The van der Waals surface area contributed by atoms with Gasteiger partial charge in [0, 0.05) is 6.61 Å². The zero-order valence-corrected chi connectivity index (χ0v) is 11.0. The molecular formula is C16H23O2. The molecule has 1 aliphatic heterocycles. The van der Waals surface area contributed by atoms with Gasteiger partial charge in [0.2, 0.25) is 0 Å². The lowest BCUT2D eigenvalue weighted by atomic mass is 9.97. The number of aryl methyl sites for hydroxylation is 1. The Labute approximate surface area is 110 Å². The topological polar surface area (TPSA) is 21.8 Å². The Bertz CT molecular complexity index is 319. The van der Waals surface area contributed by atoms with E-state index in [0.717, 1.165) is 45.5 Å². The summed E-state index contributed by atoms with van der Waals surface area (Å²) >= 11 is 0. The molecule has 0 bridgehead atoms. The highest BCUT2D eigenvalue weighted by Gasteiger charge is 2.21. The molecule has 0 saturated carbocycles. The van der Waals surface area contributed by atoms with Crippen LogP contribution in [-0.2, 0) is 15.9 Å². The fourth-order valence-electron chi connectivity index (χ4n) is 2.01. The summed E-state index contributed by atoms with van der Waals surface area (Å²) < 4.78 is 10.6. The first-order valence-electron chi connectivity index (χ1n) is 6.91. The third-order valence-electron chi connectivity index (χ3n) is 3.29. The molecule has 1 aromatic carbocycles. The molecule has 1 aliphatic rings. The molecule has 0 spiro atoms. The van der Waals surface area contributed by atoms with Crippen molar-refractivity contribution >= 4 is 0 Å². The maximum absolute atomic E-state index is 5.52. The van der Waals surface area contributed by atoms with Crippen molar-refractivity contribution in [3.8, 4) is 0 Å². The molecule has 1 heterocycles. The molecule has 0 aromatic heterocycles. The summed E-state index contributed by atoms with van der Waals surface area (Å²) in [5.74, 6) is 0.533. The Balaban J connectivity index is 1.47. The Hall–Kier alpha value is -0.860. The molecule has 2 nitrogen and oxygen atoms in total. The third kappa shape index (κ3) is 5.65. The van der Waals surface area contributed by atoms with E-state index in [-0.39, 0.29) is 0 Å². The molecule has 18 heavy (non-hydrogen) atoms. The molecule has 2 rings (SSSR count). The standard InChI is InChI=1S/C16H23O2/c1-14(6-5-11-17-12-16-13-18-16)9-10-15-7-3-2-4-8-15/h2-4,7-8,14,16H,1,5-6,9-13H2. The van der Waals surface area contributed by atoms with E-state index >= 15 is 0 Å². The molecule has 2 atom stereocenters. The molecular weight excluding hydrogens is 224 g/mol. The van der Waals surface area contributed by atoms with Crippen molar-refractivity contribution in [2.45, 2.75) is 31.8 Å². The van der Waals surface area contributed by atoms with Crippen LogP contribution in [0, 0.1) is 12.8 Å². The average molecular weight is 247 g/mol. The van der Waals surface area contributed by atoms with Gasteiger partial charge in [0.15, 0.2) is 0 Å². The highest BCUT2D eigenvalue weighted by molar-refractivity contribution is 5.14. The van der Waals surface area contributed by atoms with Crippen LogP contribution in [0.5, 0.6) is 0 Å². The minimum absolute atomic E-state index is 0.388. The van der Waals surface area contributed by atoms with Crippen LogP contribution in [0.3, 0.4) is 0 Å². The third-order valence-corrected chi connectivity index (χ3v) is 3.29. The van der Waals surface area contributed by atoms with Crippen LogP contribution in [0.4, 0.5) is 0 Å². The van der Waals surface area contributed by atoms with Gasteiger partial charge in [-0.1, -0.05) is 37.3 Å². The smallest absolute Gasteiger partial charge is 0.104 e. The van der Waals surface area contributed by atoms with Crippen LogP contribution in [-0.4, -0.2) is 25.9 Å². The quantitative estimate of drug-likeness (QED) is 0.493. The summed E-state index contributed by atoms with van der Waals surface area (Å²) in [4.78, 5) is 0. The van der Waals surface area contributed by atoms with Gasteiger partial charge in [0.25, 0.3) is 0 Å². The molecule has 1 radical (unpaired) electrons. The molecule has 99 valence electrons. The van der Waals surface area contributed by atoms with Crippen molar-refractivity contribution in [2.24, 2.45) is 5.92 Å². The first kappa shape index (κ1) is 13.6. The maximum atomic E-state index is 5.52. The number of epoxide rings is 1. The predicted molar refractivity (Wildman–Crippen MR) is 73.4 cm³/mol. The average Bonchev–Trinajstić information content (AvgIpc) is 3.21. The van der Waals surface area contributed by atoms with Crippen LogP contribution >= 0.6 is 0 Å². The van der Waals surface area contributed by atoms with Gasteiger partial charge in [-0.15, -0.1) is 0 Å². The SMILES string of the molecule is [CH2]C(CCCOCC1CO1)CCc1ccccc1.